The van der Waals surface area contributed by atoms with Crippen LogP contribution in [0.5, 0.6) is 0 Å². The summed E-state index contributed by atoms with van der Waals surface area (Å²) in [7, 11) is -3.65. The molecule has 0 saturated heterocycles. The summed E-state index contributed by atoms with van der Waals surface area (Å²) in [6, 6.07) is 9.43. The van der Waals surface area contributed by atoms with Crippen molar-refractivity contribution in [1.82, 2.24) is 5.32 Å². The Morgan fingerprint density at radius 3 is 2.30 bits per heavy atom. The molecule has 0 aliphatic heterocycles. The van der Waals surface area contributed by atoms with Gasteiger partial charge in [-0.1, -0.05) is 11.6 Å². The molecule has 1 aromatic carbocycles. The molecule has 2 amide bonds. The Kier molecular flexibility index (Phi) is 4.47. The van der Waals surface area contributed by atoms with Crippen LogP contribution in [0.4, 0.5) is 16.2 Å². The number of carbonyl (C=O) groups excluding carboxylic acids is 1. The van der Waals surface area contributed by atoms with E-state index in [-0.39, 0.29) is 16.3 Å². The van der Waals surface area contributed by atoms with E-state index in [0.29, 0.717) is 15.7 Å². The molecule has 1 heterocycles. The lowest BCUT2D eigenvalue weighted by molar-refractivity contribution is 0.251. The third-order valence-corrected chi connectivity index (χ3v) is 6.23. The maximum atomic E-state index is 12.2. The molecule has 0 radical (unpaired) electrons. The van der Waals surface area contributed by atoms with Crippen molar-refractivity contribution in [2.75, 3.05) is 10.0 Å². The van der Waals surface area contributed by atoms with Crippen LogP contribution in [0.15, 0.2) is 40.6 Å². The van der Waals surface area contributed by atoms with Gasteiger partial charge in [0.15, 0.2) is 0 Å². The van der Waals surface area contributed by atoms with Crippen LogP contribution in [0.1, 0.15) is 12.8 Å². The third-order valence-electron chi connectivity index (χ3n) is 3.12. The predicted octanol–water partition coefficient (Wildman–Crippen LogP) is 3.49. The minimum Gasteiger partial charge on any atom is -0.335 e. The molecular formula is C14H14ClN3O3S2. The van der Waals surface area contributed by atoms with Gasteiger partial charge in [-0.15, -0.1) is 11.3 Å². The molecule has 9 heteroatoms. The number of anilines is 2. The Morgan fingerprint density at radius 2 is 1.74 bits per heavy atom. The lowest BCUT2D eigenvalue weighted by Gasteiger charge is -2.09. The summed E-state index contributed by atoms with van der Waals surface area (Å²) < 4.78 is 27.4. The highest BCUT2D eigenvalue weighted by atomic mass is 35.5. The number of nitrogens with one attached hydrogen (secondary N) is 3. The molecule has 0 atom stereocenters. The summed E-state index contributed by atoms with van der Waals surface area (Å²) in [5.74, 6) is 0. The van der Waals surface area contributed by atoms with Crippen LogP contribution in [0.2, 0.25) is 4.34 Å². The molecule has 6 nitrogen and oxygen atoms in total. The highest BCUT2D eigenvalue weighted by Crippen LogP contribution is 2.27. The molecule has 1 fully saturated rings. The van der Waals surface area contributed by atoms with E-state index < -0.39 is 10.0 Å². The first-order chi connectivity index (χ1) is 10.9. The van der Waals surface area contributed by atoms with Crippen molar-refractivity contribution >= 4 is 50.4 Å². The number of hydrogen-bond acceptors (Lipinski definition) is 4. The number of benzene rings is 1. The predicted molar refractivity (Wildman–Crippen MR) is 91.8 cm³/mol. The number of sulfonamides is 1. The van der Waals surface area contributed by atoms with Crippen LogP contribution < -0.4 is 15.4 Å². The maximum Gasteiger partial charge on any atom is 0.319 e. The van der Waals surface area contributed by atoms with Crippen LogP contribution in [0.25, 0.3) is 0 Å². The molecule has 0 unspecified atom stereocenters. The van der Waals surface area contributed by atoms with Crippen molar-refractivity contribution in [3.05, 3.63) is 40.7 Å². The average molecular weight is 372 g/mol. The monoisotopic (exact) mass is 371 g/mol. The van der Waals surface area contributed by atoms with E-state index in [0.717, 1.165) is 24.2 Å². The van der Waals surface area contributed by atoms with E-state index in [2.05, 4.69) is 15.4 Å². The Bertz CT molecular complexity index is 814. The molecule has 122 valence electrons. The molecule has 23 heavy (non-hydrogen) atoms. The second kappa shape index (κ2) is 6.38. The standard InChI is InChI=1S/C14H14ClN3O3S2/c15-12-7-8-13(22-12)23(20,21)18-11-5-3-10(4-6-11)17-14(19)16-9-1-2-9/h3-9,18H,1-2H2,(H2,16,17,19). The fourth-order valence-electron chi connectivity index (χ4n) is 1.85. The second-order valence-corrected chi connectivity index (χ2v) is 8.74. The zero-order chi connectivity index (χ0) is 16.4. The zero-order valence-corrected chi connectivity index (χ0v) is 14.3. The second-order valence-electron chi connectivity index (χ2n) is 5.11. The highest BCUT2D eigenvalue weighted by Gasteiger charge is 2.23. The summed E-state index contributed by atoms with van der Waals surface area (Å²) in [5, 5.41) is 5.50. The van der Waals surface area contributed by atoms with E-state index in [1.807, 2.05) is 0 Å². The van der Waals surface area contributed by atoms with Gasteiger partial charge in [-0.25, -0.2) is 13.2 Å². The minimum atomic E-state index is -3.65. The van der Waals surface area contributed by atoms with Crippen molar-refractivity contribution in [2.24, 2.45) is 0 Å². The van der Waals surface area contributed by atoms with Crippen LogP contribution in [-0.4, -0.2) is 20.5 Å². The molecule has 1 aliphatic rings. The van der Waals surface area contributed by atoms with Gasteiger partial charge in [0.25, 0.3) is 10.0 Å². The fourth-order valence-corrected chi connectivity index (χ4v) is 4.39. The number of urea groups is 1. The zero-order valence-electron chi connectivity index (χ0n) is 11.9. The molecule has 3 N–H and O–H groups in total. The Morgan fingerprint density at radius 1 is 1.09 bits per heavy atom. The van der Waals surface area contributed by atoms with E-state index in [1.54, 1.807) is 24.3 Å². The van der Waals surface area contributed by atoms with Gasteiger partial charge in [0.05, 0.1) is 4.34 Å². The highest BCUT2D eigenvalue weighted by molar-refractivity contribution is 7.94. The quantitative estimate of drug-likeness (QED) is 0.751. The topological polar surface area (TPSA) is 87.3 Å². The fraction of sp³-hybridized carbons (Fsp3) is 0.214. The van der Waals surface area contributed by atoms with E-state index >= 15 is 0 Å². The summed E-state index contributed by atoms with van der Waals surface area (Å²) in [5.41, 5.74) is 0.993. The molecular weight excluding hydrogens is 358 g/mol. The lowest BCUT2D eigenvalue weighted by atomic mass is 10.3. The number of halogens is 1. The number of rotatable bonds is 5. The Labute approximate surface area is 142 Å². The van der Waals surface area contributed by atoms with Gasteiger partial charge in [-0.05, 0) is 49.2 Å². The number of thiophene rings is 1. The number of amides is 2. The number of carbonyl (C=O) groups is 1. The molecule has 0 spiro atoms. The van der Waals surface area contributed by atoms with E-state index in [1.165, 1.54) is 12.1 Å². The van der Waals surface area contributed by atoms with Gasteiger partial charge < -0.3 is 10.6 Å². The van der Waals surface area contributed by atoms with Gasteiger partial charge in [-0.3, -0.25) is 4.72 Å². The average Bonchev–Trinajstić information content (AvgIpc) is 3.18. The maximum absolute atomic E-state index is 12.2. The van der Waals surface area contributed by atoms with Crippen LogP contribution >= 0.6 is 22.9 Å². The first-order valence-electron chi connectivity index (χ1n) is 6.88. The third kappa shape index (κ3) is 4.37. The van der Waals surface area contributed by atoms with Gasteiger partial charge in [-0.2, -0.15) is 0 Å². The van der Waals surface area contributed by atoms with Crippen molar-refractivity contribution in [1.29, 1.82) is 0 Å². The van der Waals surface area contributed by atoms with Crippen LogP contribution in [0.3, 0.4) is 0 Å². The smallest absolute Gasteiger partial charge is 0.319 e. The van der Waals surface area contributed by atoms with Gasteiger partial charge in [0.1, 0.15) is 4.21 Å². The molecule has 1 saturated carbocycles. The lowest BCUT2D eigenvalue weighted by Crippen LogP contribution is -2.30. The molecule has 1 aliphatic carbocycles. The van der Waals surface area contributed by atoms with Crippen molar-refractivity contribution in [3.8, 4) is 0 Å². The van der Waals surface area contributed by atoms with Gasteiger partial charge in [0, 0.05) is 17.4 Å². The first-order valence-corrected chi connectivity index (χ1v) is 9.56. The largest absolute Gasteiger partial charge is 0.335 e. The molecule has 3 rings (SSSR count). The van der Waals surface area contributed by atoms with E-state index in [4.69, 9.17) is 11.6 Å². The first kappa shape index (κ1) is 16.1. The van der Waals surface area contributed by atoms with Crippen molar-refractivity contribution in [3.63, 3.8) is 0 Å². The SMILES string of the molecule is O=C(Nc1ccc(NS(=O)(=O)c2ccc(Cl)s2)cc1)NC1CC1. The Hall–Kier alpha value is -1.77. The van der Waals surface area contributed by atoms with Gasteiger partial charge >= 0.3 is 6.03 Å². The summed E-state index contributed by atoms with van der Waals surface area (Å²) in [6.45, 7) is 0. The van der Waals surface area contributed by atoms with Crippen LogP contribution in [0, 0.1) is 0 Å². The molecule has 0 bridgehead atoms. The van der Waals surface area contributed by atoms with Crippen LogP contribution in [-0.2, 0) is 10.0 Å². The van der Waals surface area contributed by atoms with E-state index in [9.17, 15) is 13.2 Å². The van der Waals surface area contributed by atoms with Gasteiger partial charge in [0.2, 0.25) is 0 Å². The molecule has 2 aromatic rings. The van der Waals surface area contributed by atoms with Crippen molar-refractivity contribution in [2.45, 2.75) is 23.1 Å². The Balaban J connectivity index is 1.63. The summed E-state index contributed by atoms with van der Waals surface area (Å²) >= 11 is 6.75. The number of hydrogen-bond donors (Lipinski definition) is 3. The summed E-state index contributed by atoms with van der Waals surface area (Å²) in [6.07, 6.45) is 2.03. The normalized spacial score (nSPS) is 14.3. The van der Waals surface area contributed by atoms with Crippen molar-refractivity contribution < 1.29 is 13.2 Å². The molecule has 1 aromatic heterocycles. The summed E-state index contributed by atoms with van der Waals surface area (Å²) in [4.78, 5) is 11.6. The minimum absolute atomic E-state index is 0.147.